The third-order valence-electron chi connectivity index (χ3n) is 8.40. The van der Waals surface area contributed by atoms with Gasteiger partial charge >= 0.3 is 0 Å². The van der Waals surface area contributed by atoms with E-state index in [9.17, 15) is 4.79 Å². The van der Waals surface area contributed by atoms with Gasteiger partial charge in [0.1, 0.15) is 5.82 Å². The molecule has 3 heterocycles. The predicted octanol–water partition coefficient (Wildman–Crippen LogP) is 4.72. The molecule has 0 saturated carbocycles. The second-order valence-corrected chi connectivity index (χ2v) is 10.7. The van der Waals surface area contributed by atoms with E-state index in [0.717, 1.165) is 70.0 Å². The number of amides is 1. The lowest BCUT2D eigenvalue weighted by Gasteiger charge is -2.41. The van der Waals surface area contributed by atoms with Gasteiger partial charge in [-0.3, -0.25) is 14.6 Å². The lowest BCUT2D eigenvalue weighted by Crippen LogP contribution is -2.52. The van der Waals surface area contributed by atoms with Gasteiger partial charge < -0.3 is 9.47 Å². The third kappa shape index (κ3) is 5.11. The highest BCUT2D eigenvalue weighted by Crippen LogP contribution is 2.30. The predicted molar refractivity (Wildman–Crippen MR) is 152 cm³/mol. The highest BCUT2D eigenvalue weighted by atomic mass is 16.2. The number of carbonyl (C=O) groups is 1. The van der Waals surface area contributed by atoms with Crippen LogP contribution in [-0.2, 0) is 18.4 Å². The standard InChI is InChI=1S/C32H37N5O/c1-34-29-15-9-8-14-28(29)33-30(34)24-35-18-16-27(17-19-35)32(38)37-22-20-36(21-23-37)31(25-10-4-2-5-11-25)26-12-6-3-7-13-26/h2-15,27,31H,16-24H2,1H3. The van der Waals surface area contributed by atoms with E-state index in [2.05, 4.69) is 105 Å². The molecule has 0 bridgehead atoms. The maximum absolute atomic E-state index is 13.5. The van der Waals surface area contributed by atoms with Gasteiger partial charge in [-0.1, -0.05) is 72.8 Å². The molecule has 38 heavy (non-hydrogen) atoms. The van der Waals surface area contributed by atoms with Crippen LogP contribution in [-0.4, -0.2) is 69.4 Å². The average molecular weight is 508 g/mol. The first-order chi connectivity index (χ1) is 18.7. The van der Waals surface area contributed by atoms with Crippen molar-refractivity contribution in [3.63, 3.8) is 0 Å². The maximum atomic E-state index is 13.5. The fourth-order valence-corrected chi connectivity index (χ4v) is 6.22. The second kappa shape index (κ2) is 11.1. The summed E-state index contributed by atoms with van der Waals surface area (Å²) >= 11 is 0. The van der Waals surface area contributed by atoms with E-state index in [1.54, 1.807) is 0 Å². The number of fused-ring (bicyclic) bond motifs is 1. The van der Waals surface area contributed by atoms with Gasteiger partial charge in [-0.05, 0) is 49.2 Å². The van der Waals surface area contributed by atoms with Gasteiger partial charge in [0.25, 0.3) is 0 Å². The summed E-state index contributed by atoms with van der Waals surface area (Å²) in [6.45, 7) is 6.13. The van der Waals surface area contributed by atoms with Crippen LogP contribution < -0.4 is 0 Å². The summed E-state index contributed by atoms with van der Waals surface area (Å²) in [6, 6.07) is 30.0. The van der Waals surface area contributed by atoms with Gasteiger partial charge in [-0.25, -0.2) is 4.98 Å². The zero-order valence-electron chi connectivity index (χ0n) is 22.2. The third-order valence-corrected chi connectivity index (χ3v) is 8.40. The number of likely N-dealkylation sites (tertiary alicyclic amines) is 1. The van der Waals surface area contributed by atoms with Crippen molar-refractivity contribution in [3.8, 4) is 0 Å². The Bertz CT molecular complexity index is 1310. The Morgan fingerprint density at radius 1 is 0.789 bits per heavy atom. The molecular weight excluding hydrogens is 470 g/mol. The van der Waals surface area contributed by atoms with Gasteiger partial charge in [-0.2, -0.15) is 0 Å². The number of piperidine rings is 1. The fourth-order valence-electron chi connectivity index (χ4n) is 6.22. The smallest absolute Gasteiger partial charge is 0.225 e. The molecule has 6 nitrogen and oxygen atoms in total. The number of rotatable bonds is 6. The molecule has 2 fully saturated rings. The number of aryl methyl sites for hydroxylation is 1. The first-order valence-electron chi connectivity index (χ1n) is 13.9. The summed E-state index contributed by atoms with van der Waals surface area (Å²) in [4.78, 5) is 25.4. The Morgan fingerprint density at radius 3 is 1.97 bits per heavy atom. The number of nitrogens with zero attached hydrogens (tertiary/aromatic N) is 5. The number of para-hydroxylation sites is 2. The Morgan fingerprint density at radius 2 is 1.37 bits per heavy atom. The summed E-state index contributed by atoms with van der Waals surface area (Å²) in [6.07, 6.45) is 1.86. The Hall–Kier alpha value is -3.48. The molecule has 2 aliphatic rings. The Balaban J connectivity index is 1.04. The molecule has 2 aliphatic heterocycles. The van der Waals surface area contributed by atoms with E-state index >= 15 is 0 Å². The summed E-state index contributed by atoms with van der Waals surface area (Å²) in [5.41, 5.74) is 4.85. The van der Waals surface area contributed by atoms with E-state index < -0.39 is 0 Å². The first-order valence-corrected chi connectivity index (χ1v) is 13.9. The van der Waals surface area contributed by atoms with Crippen molar-refractivity contribution in [1.29, 1.82) is 0 Å². The van der Waals surface area contributed by atoms with Crippen molar-refractivity contribution in [2.45, 2.75) is 25.4 Å². The topological polar surface area (TPSA) is 44.6 Å². The van der Waals surface area contributed by atoms with Gasteiger partial charge in [0.2, 0.25) is 5.91 Å². The van der Waals surface area contributed by atoms with Crippen LogP contribution in [0, 0.1) is 5.92 Å². The quantitative estimate of drug-likeness (QED) is 0.379. The Kier molecular flexibility index (Phi) is 7.25. The largest absolute Gasteiger partial charge is 0.340 e. The minimum atomic E-state index is 0.136. The summed E-state index contributed by atoms with van der Waals surface area (Å²) in [5.74, 6) is 1.58. The molecular formula is C32H37N5O. The number of piperazine rings is 1. The van der Waals surface area contributed by atoms with Gasteiger partial charge in [0.05, 0.1) is 23.6 Å². The maximum Gasteiger partial charge on any atom is 0.225 e. The molecule has 0 unspecified atom stereocenters. The molecule has 4 aromatic rings. The number of hydrogen-bond donors (Lipinski definition) is 0. The molecule has 2 saturated heterocycles. The van der Waals surface area contributed by atoms with Crippen LogP contribution in [0.5, 0.6) is 0 Å². The highest BCUT2D eigenvalue weighted by Gasteiger charge is 2.33. The molecule has 1 aromatic heterocycles. The normalized spacial score (nSPS) is 17.9. The number of benzene rings is 3. The minimum absolute atomic E-state index is 0.136. The first kappa shape index (κ1) is 24.8. The molecule has 0 spiro atoms. The van der Waals surface area contributed by atoms with E-state index in [0.29, 0.717) is 5.91 Å². The van der Waals surface area contributed by atoms with Crippen molar-refractivity contribution in [2.75, 3.05) is 39.3 Å². The van der Waals surface area contributed by atoms with E-state index in [-0.39, 0.29) is 12.0 Å². The monoisotopic (exact) mass is 507 g/mol. The number of hydrogen-bond acceptors (Lipinski definition) is 4. The van der Waals surface area contributed by atoms with Crippen molar-refractivity contribution in [2.24, 2.45) is 13.0 Å². The van der Waals surface area contributed by atoms with Crippen molar-refractivity contribution in [3.05, 3.63) is 102 Å². The van der Waals surface area contributed by atoms with Crippen LogP contribution >= 0.6 is 0 Å². The number of aromatic nitrogens is 2. The van der Waals surface area contributed by atoms with Gasteiger partial charge in [0, 0.05) is 39.1 Å². The van der Waals surface area contributed by atoms with E-state index in [1.807, 2.05) is 6.07 Å². The van der Waals surface area contributed by atoms with Crippen LogP contribution in [0.1, 0.15) is 35.8 Å². The molecule has 6 rings (SSSR count). The van der Waals surface area contributed by atoms with Gasteiger partial charge in [-0.15, -0.1) is 0 Å². The average Bonchev–Trinajstić information content (AvgIpc) is 3.29. The van der Waals surface area contributed by atoms with Crippen LogP contribution in [0.3, 0.4) is 0 Å². The molecule has 196 valence electrons. The lowest BCUT2D eigenvalue weighted by molar-refractivity contribution is -0.139. The zero-order chi connectivity index (χ0) is 25.9. The van der Waals surface area contributed by atoms with Crippen LogP contribution in [0.25, 0.3) is 11.0 Å². The van der Waals surface area contributed by atoms with Crippen LogP contribution in [0.2, 0.25) is 0 Å². The molecule has 0 radical (unpaired) electrons. The summed E-state index contributed by atoms with van der Waals surface area (Å²) in [5, 5.41) is 0. The summed E-state index contributed by atoms with van der Waals surface area (Å²) in [7, 11) is 2.10. The van der Waals surface area contributed by atoms with Crippen molar-refractivity contribution >= 4 is 16.9 Å². The second-order valence-electron chi connectivity index (χ2n) is 10.7. The van der Waals surface area contributed by atoms with E-state index in [4.69, 9.17) is 4.98 Å². The summed E-state index contributed by atoms with van der Waals surface area (Å²) < 4.78 is 2.20. The minimum Gasteiger partial charge on any atom is -0.340 e. The number of imidazole rings is 1. The van der Waals surface area contributed by atoms with Crippen molar-refractivity contribution < 1.29 is 4.79 Å². The number of carbonyl (C=O) groups excluding carboxylic acids is 1. The Labute approximate surface area is 225 Å². The van der Waals surface area contributed by atoms with Gasteiger partial charge in [0.15, 0.2) is 0 Å². The SMILES string of the molecule is Cn1c(CN2CCC(C(=O)N3CCN(C(c4ccccc4)c4ccccc4)CC3)CC2)nc2ccccc21. The van der Waals surface area contributed by atoms with Crippen LogP contribution in [0.15, 0.2) is 84.9 Å². The lowest BCUT2D eigenvalue weighted by atomic mass is 9.94. The van der Waals surface area contributed by atoms with Crippen LogP contribution in [0.4, 0.5) is 0 Å². The molecule has 0 atom stereocenters. The highest BCUT2D eigenvalue weighted by molar-refractivity contribution is 5.79. The van der Waals surface area contributed by atoms with E-state index in [1.165, 1.54) is 16.6 Å². The molecule has 0 aliphatic carbocycles. The van der Waals surface area contributed by atoms with Crippen molar-refractivity contribution in [1.82, 2.24) is 24.3 Å². The fraction of sp³-hybridized carbons (Fsp3) is 0.375. The zero-order valence-corrected chi connectivity index (χ0v) is 22.2. The molecule has 6 heteroatoms. The molecule has 1 amide bonds. The molecule has 3 aromatic carbocycles. The molecule has 0 N–H and O–H groups in total.